The molecular formula is C40H82N2O4. The summed E-state index contributed by atoms with van der Waals surface area (Å²) in [4.78, 5) is 18.3. The smallest absolute Gasteiger partial charge is 0.407 e. The number of hydrogen-bond donors (Lipinski definition) is 1. The highest BCUT2D eigenvalue weighted by Gasteiger charge is 2.15. The fourth-order valence-corrected chi connectivity index (χ4v) is 5.86. The first-order chi connectivity index (χ1) is 22.3. The molecular weight excluding hydrogens is 572 g/mol. The molecule has 0 aliphatic carbocycles. The quantitative estimate of drug-likeness (QED) is 0.0418. The Labute approximate surface area is 288 Å². The maximum Gasteiger partial charge on any atom is 0.407 e. The zero-order valence-electron chi connectivity index (χ0n) is 32.1. The van der Waals surface area contributed by atoms with Gasteiger partial charge in [0.2, 0.25) is 0 Å². The number of alkyl carbamates (subject to hydrolysis) is 1. The summed E-state index contributed by atoms with van der Waals surface area (Å²) in [5, 5.41) is 4.64. The first-order valence-electron chi connectivity index (χ1n) is 20.2. The summed E-state index contributed by atoms with van der Waals surface area (Å²) in [5.74, 6) is 0. The second-order valence-electron chi connectivity index (χ2n) is 14.9. The average molecular weight is 655 g/mol. The largest absolute Gasteiger partial charge is 0.446 e. The van der Waals surface area contributed by atoms with Crippen LogP contribution in [-0.2, 0) is 14.3 Å². The van der Waals surface area contributed by atoms with Gasteiger partial charge in [0.15, 0.2) is 0 Å². The van der Waals surface area contributed by atoms with Gasteiger partial charge in [-0.15, -0.1) is 0 Å². The molecule has 0 radical (unpaired) electrons. The van der Waals surface area contributed by atoms with E-state index in [1.165, 1.54) is 148 Å². The van der Waals surface area contributed by atoms with Crippen LogP contribution in [0.4, 0.5) is 4.79 Å². The molecule has 6 heteroatoms. The molecule has 0 aromatic rings. The minimum atomic E-state index is -0.276. The number of ether oxygens (including phenoxy) is 2. The number of carbonyl (C=O) groups is 1. The van der Waals surface area contributed by atoms with Gasteiger partial charge in [-0.1, -0.05) is 162 Å². The lowest BCUT2D eigenvalue weighted by Gasteiger charge is -2.24. The van der Waals surface area contributed by atoms with E-state index in [0.29, 0.717) is 19.9 Å². The van der Waals surface area contributed by atoms with Crippen molar-refractivity contribution in [3.63, 3.8) is 0 Å². The van der Waals surface area contributed by atoms with Crippen LogP contribution >= 0.6 is 0 Å². The molecule has 0 aliphatic rings. The third-order valence-electron chi connectivity index (χ3n) is 8.86. The maximum absolute atomic E-state index is 12.6. The molecule has 6 nitrogen and oxygen atoms in total. The van der Waals surface area contributed by atoms with Crippen LogP contribution in [0.2, 0.25) is 0 Å². The van der Waals surface area contributed by atoms with E-state index in [4.69, 9.17) is 14.3 Å². The molecule has 276 valence electrons. The number of hydrogen-bond acceptors (Lipinski definition) is 5. The number of nitrogens with zero attached hydrogens (tertiary/aromatic N) is 1. The van der Waals surface area contributed by atoms with Gasteiger partial charge in [-0.3, -0.25) is 4.84 Å². The second-order valence-corrected chi connectivity index (χ2v) is 14.9. The minimum absolute atomic E-state index is 0.0351. The Morgan fingerprint density at radius 2 is 0.957 bits per heavy atom. The van der Waals surface area contributed by atoms with E-state index in [0.717, 1.165) is 32.1 Å². The van der Waals surface area contributed by atoms with Crippen LogP contribution in [0.25, 0.3) is 0 Å². The van der Waals surface area contributed by atoms with E-state index in [-0.39, 0.29) is 17.8 Å². The molecule has 0 saturated carbocycles. The number of unbranched alkanes of at least 4 members (excludes halogenated alkanes) is 23. The van der Waals surface area contributed by atoms with Crippen molar-refractivity contribution >= 4 is 6.09 Å². The van der Waals surface area contributed by atoms with Gasteiger partial charge in [-0.2, -0.15) is 5.06 Å². The fourth-order valence-electron chi connectivity index (χ4n) is 5.86. The highest BCUT2D eigenvalue weighted by Crippen LogP contribution is 2.18. The van der Waals surface area contributed by atoms with E-state index < -0.39 is 0 Å². The van der Waals surface area contributed by atoms with Crippen LogP contribution in [0.5, 0.6) is 0 Å². The molecule has 0 rings (SSSR count). The molecule has 0 bridgehead atoms. The average Bonchev–Trinajstić information content (AvgIpc) is 3.02. The van der Waals surface area contributed by atoms with Gasteiger partial charge >= 0.3 is 6.09 Å². The van der Waals surface area contributed by atoms with Crippen molar-refractivity contribution in [2.24, 2.45) is 0 Å². The molecule has 1 atom stereocenters. The molecule has 0 aromatic heterocycles. The van der Waals surface area contributed by atoms with E-state index in [2.05, 4.69) is 19.2 Å². The van der Waals surface area contributed by atoms with Crippen molar-refractivity contribution in [1.82, 2.24) is 10.4 Å². The van der Waals surface area contributed by atoms with Crippen molar-refractivity contribution in [2.75, 3.05) is 26.9 Å². The molecule has 0 heterocycles. The minimum Gasteiger partial charge on any atom is -0.446 e. The van der Waals surface area contributed by atoms with Crippen molar-refractivity contribution in [3.8, 4) is 0 Å². The fraction of sp³-hybridized carbons (Fsp3) is 0.975. The predicted octanol–water partition coefficient (Wildman–Crippen LogP) is 12.7. The van der Waals surface area contributed by atoms with Crippen molar-refractivity contribution < 1.29 is 19.1 Å². The number of rotatable bonds is 35. The molecule has 0 aromatic carbocycles. The molecule has 46 heavy (non-hydrogen) atoms. The molecule has 1 amide bonds. The van der Waals surface area contributed by atoms with Crippen molar-refractivity contribution in [2.45, 2.75) is 226 Å². The number of hydroxylamine groups is 2. The van der Waals surface area contributed by atoms with Gasteiger partial charge in [0.05, 0.1) is 12.2 Å². The summed E-state index contributed by atoms with van der Waals surface area (Å²) in [7, 11) is 1.86. The zero-order valence-corrected chi connectivity index (χ0v) is 32.1. The van der Waals surface area contributed by atoms with Crippen LogP contribution in [0.1, 0.15) is 214 Å². The molecule has 0 fully saturated rings. The van der Waals surface area contributed by atoms with Gasteiger partial charge in [0.25, 0.3) is 0 Å². The molecule has 1 unspecified atom stereocenters. The highest BCUT2D eigenvalue weighted by molar-refractivity contribution is 5.67. The lowest BCUT2D eigenvalue weighted by atomic mass is 10.0. The van der Waals surface area contributed by atoms with Gasteiger partial charge in [-0.25, -0.2) is 4.79 Å². The van der Waals surface area contributed by atoms with Crippen LogP contribution in [0.3, 0.4) is 0 Å². The third kappa shape index (κ3) is 36.0. The second kappa shape index (κ2) is 34.0. The number of amides is 1. The highest BCUT2D eigenvalue weighted by atomic mass is 16.7. The topological polar surface area (TPSA) is 60.0 Å². The Morgan fingerprint density at radius 3 is 1.33 bits per heavy atom. The number of carbonyl (C=O) groups excluding carboxylic acids is 1. The summed E-state index contributed by atoms with van der Waals surface area (Å²) in [6.07, 6.45) is 36.4. The predicted molar refractivity (Wildman–Crippen MR) is 198 cm³/mol. The van der Waals surface area contributed by atoms with Gasteiger partial charge in [0, 0.05) is 13.6 Å². The van der Waals surface area contributed by atoms with Crippen LogP contribution in [0.15, 0.2) is 0 Å². The number of nitrogens with one attached hydrogen (secondary N) is 1. The van der Waals surface area contributed by atoms with Gasteiger partial charge in [-0.05, 0) is 52.9 Å². The first kappa shape index (κ1) is 45.2. The van der Waals surface area contributed by atoms with Crippen molar-refractivity contribution in [3.05, 3.63) is 0 Å². The standard InChI is InChI=1S/C40H82N2O4/c1-7-9-11-13-15-17-19-20-21-22-23-25-27-29-31-34-38(33-30-28-26-24-18-16-14-12-10-8-2)46-39(43)41-35-32-36-45-42(6)37-44-40(3,4)5/h38H,7-37H2,1-6H3,(H,41,43). The van der Waals surface area contributed by atoms with E-state index in [9.17, 15) is 4.79 Å². The van der Waals surface area contributed by atoms with Crippen LogP contribution < -0.4 is 5.32 Å². The van der Waals surface area contributed by atoms with Gasteiger partial charge < -0.3 is 14.8 Å². The van der Waals surface area contributed by atoms with Crippen LogP contribution in [0, 0.1) is 0 Å². The summed E-state index contributed by atoms with van der Waals surface area (Å²) in [6, 6.07) is 0. The summed E-state index contributed by atoms with van der Waals surface area (Å²) >= 11 is 0. The van der Waals surface area contributed by atoms with Crippen molar-refractivity contribution in [1.29, 1.82) is 0 Å². The maximum atomic E-state index is 12.6. The Hall–Kier alpha value is -0.850. The summed E-state index contributed by atoms with van der Waals surface area (Å²) in [6.45, 7) is 12.2. The van der Waals surface area contributed by atoms with E-state index in [1.54, 1.807) is 5.06 Å². The molecule has 0 saturated heterocycles. The molecule has 0 aliphatic heterocycles. The SMILES string of the molecule is CCCCCCCCCCCCCCCCCC(CCCCCCCCCCCC)OC(=O)NCCCON(C)COC(C)(C)C. The Morgan fingerprint density at radius 1 is 0.587 bits per heavy atom. The normalized spacial score (nSPS) is 12.6. The van der Waals surface area contributed by atoms with E-state index in [1.807, 2.05) is 27.8 Å². The Kier molecular flexibility index (Phi) is 33.4. The first-order valence-corrected chi connectivity index (χ1v) is 20.2. The molecule has 0 spiro atoms. The zero-order chi connectivity index (χ0) is 34.0. The third-order valence-corrected chi connectivity index (χ3v) is 8.86. The summed E-state index contributed by atoms with van der Waals surface area (Å²) < 4.78 is 11.6. The molecule has 1 N–H and O–H groups in total. The lowest BCUT2D eigenvalue weighted by Crippen LogP contribution is -2.32. The monoisotopic (exact) mass is 655 g/mol. The van der Waals surface area contributed by atoms with Gasteiger partial charge in [0.1, 0.15) is 12.8 Å². The van der Waals surface area contributed by atoms with Crippen LogP contribution in [-0.4, -0.2) is 49.8 Å². The Balaban J connectivity index is 4.13. The van der Waals surface area contributed by atoms with E-state index >= 15 is 0 Å². The summed E-state index contributed by atoms with van der Waals surface area (Å²) in [5.41, 5.74) is -0.195. The Bertz CT molecular complexity index is 625. The lowest BCUT2D eigenvalue weighted by molar-refractivity contribution is -0.213.